The standard InChI is InChI=1S/C10H17N7S/c1-7(2)17-8(4-11)14-15-10(17)18-5-9-13-12-6-16(9)3/h6-7H,4-5,11H2,1-3H3. The molecule has 2 N–H and O–H groups in total. The molecule has 0 saturated carbocycles. The van der Waals surface area contributed by atoms with Crippen LogP contribution in [0.1, 0.15) is 31.5 Å². The molecule has 0 aliphatic heterocycles. The Balaban J connectivity index is 2.14. The van der Waals surface area contributed by atoms with Gasteiger partial charge in [-0.15, -0.1) is 20.4 Å². The number of nitrogens with two attached hydrogens (primary N) is 1. The second-order valence-corrected chi connectivity index (χ2v) is 5.16. The highest BCUT2D eigenvalue weighted by Gasteiger charge is 2.14. The summed E-state index contributed by atoms with van der Waals surface area (Å²) in [6.07, 6.45) is 1.69. The first-order valence-corrected chi connectivity index (χ1v) is 6.71. The quantitative estimate of drug-likeness (QED) is 0.804. The molecule has 0 aliphatic carbocycles. The zero-order chi connectivity index (χ0) is 13.1. The molecule has 0 aromatic carbocycles. The van der Waals surface area contributed by atoms with Crippen LogP contribution in [0.25, 0.3) is 0 Å². The van der Waals surface area contributed by atoms with E-state index in [2.05, 4.69) is 38.8 Å². The number of nitrogens with zero attached hydrogens (tertiary/aromatic N) is 6. The Morgan fingerprint density at radius 2 is 2.06 bits per heavy atom. The van der Waals surface area contributed by atoms with Crippen LogP contribution in [0.4, 0.5) is 0 Å². The fraction of sp³-hybridized carbons (Fsp3) is 0.600. The van der Waals surface area contributed by atoms with Crippen LogP contribution in [0.3, 0.4) is 0 Å². The van der Waals surface area contributed by atoms with Gasteiger partial charge in [0.15, 0.2) is 5.16 Å². The maximum absolute atomic E-state index is 5.66. The van der Waals surface area contributed by atoms with E-state index in [4.69, 9.17) is 5.73 Å². The summed E-state index contributed by atoms with van der Waals surface area (Å²) in [6.45, 7) is 4.58. The van der Waals surface area contributed by atoms with E-state index in [1.807, 2.05) is 11.6 Å². The van der Waals surface area contributed by atoms with E-state index in [0.717, 1.165) is 16.8 Å². The summed E-state index contributed by atoms with van der Waals surface area (Å²) in [5, 5.41) is 17.0. The SMILES string of the molecule is CC(C)n1c(CN)nnc1SCc1nncn1C. The van der Waals surface area contributed by atoms with Crippen molar-refractivity contribution < 1.29 is 0 Å². The zero-order valence-electron chi connectivity index (χ0n) is 10.7. The Labute approximate surface area is 110 Å². The lowest BCUT2D eigenvalue weighted by Crippen LogP contribution is -2.11. The van der Waals surface area contributed by atoms with Crippen LogP contribution in [0.15, 0.2) is 11.5 Å². The molecule has 0 radical (unpaired) electrons. The van der Waals surface area contributed by atoms with E-state index >= 15 is 0 Å². The average Bonchev–Trinajstić information content (AvgIpc) is 2.92. The van der Waals surface area contributed by atoms with E-state index in [9.17, 15) is 0 Å². The molecule has 0 spiro atoms. The number of rotatable bonds is 5. The van der Waals surface area contributed by atoms with Crippen molar-refractivity contribution in [3.05, 3.63) is 18.0 Å². The highest BCUT2D eigenvalue weighted by molar-refractivity contribution is 7.98. The number of aryl methyl sites for hydroxylation is 1. The molecule has 2 aromatic rings. The molecule has 2 heterocycles. The molecule has 0 fully saturated rings. The van der Waals surface area contributed by atoms with E-state index in [1.165, 1.54) is 0 Å². The van der Waals surface area contributed by atoms with Crippen LogP contribution in [0, 0.1) is 0 Å². The monoisotopic (exact) mass is 267 g/mol. The molecular formula is C10H17N7S. The van der Waals surface area contributed by atoms with Gasteiger partial charge in [-0.05, 0) is 13.8 Å². The highest BCUT2D eigenvalue weighted by atomic mass is 32.2. The first-order valence-electron chi connectivity index (χ1n) is 5.73. The molecule has 0 amide bonds. The lowest BCUT2D eigenvalue weighted by Gasteiger charge is -2.12. The van der Waals surface area contributed by atoms with Gasteiger partial charge in [-0.3, -0.25) is 0 Å². The summed E-state index contributed by atoms with van der Waals surface area (Å²) in [5.74, 6) is 2.43. The Morgan fingerprint density at radius 1 is 1.28 bits per heavy atom. The van der Waals surface area contributed by atoms with E-state index in [0.29, 0.717) is 18.3 Å². The van der Waals surface area contributed by atoms with E-state index in [1.54, 1.807) is 18.1 Å². The number of hydrogen-bond acceptors (Lipinski definition) is 6. The minimum Gasteiger partial charge on any atom is -0.324 e. The van der Waals surface area contributed by atoms with Gasteiger partial charge in [-0.1, -0.05) is 11.8 Å². The van der Waals surface area contributed by atoms with Crippen LogP contribution in [-0.2, 0) is 19.3 Å². The Hall–Kier alpha value is -1.41. The summed E-state index contributed by atoms with van der Waals surface area (Å²) < 4.78 is 3.95. The number of thioether (sulfide) groups is 1. The van der Waals surface area contributed by atoms with Crippen LogP contribution in [-0.4, -0.2) is 29.5 Å². The van der Waals surface area contributed by atoms with Crippen molar-refractivity contribution >= 4 is 11.8 Å². The van der Waals surface area contributed by atoms with Crippen LogP contribution in [0.2, 0.25) is 0 Å². The van der Waals surface area contributed by atoms with Crippen LogP contribution in [0.5, 0.6) is 0 Å². The van der Waals surface area contributed by atoms with Gasteiger partial charge in [0, 0.05) is 13.1 Å². The molecule has 18 heavy (non-hydrogen) atoms. The lowest BCUT2D eigenvalue weighted by molar-refractivity contribution is 0.526. The van der Waals surface area contributed by atoms with Crippen molar-refractivity contribution in [1.29, 1.82) is 0 Å². The zero-order valence-corrected chi connectivity index (χ0v) is 11.6. The summed E-state index contributed by atoms with van der Waals surface area (Å²) in [7, 11) is 1.92. The molecule has 98 valence electrons. The summed E-state index contributed by atoms with van der Waals surface area (Å²) in [4.78, 5) is 0. The Kier molecular flexibility index (Phi) is 3.97. The summed E-state index contributed by atoms with van der Waals surface area (Å²) in [6, 6.07) is 0.292. The number of hydrogen-bond donors (Lipinski definition) is 1. The summed E-state index contributed by atoms with van der Waals surface area (Å²) in [5.41, 5.74) is 5.66. The topological polar surface area (TPSA) is 87.4 Å². The highest BCUT2D eigenvalue weighted by Crippen LogP contribution is 2.23. The fourth-order valence-corrected chi connectivity index (χ4v) is 2.70. The normalized spacial score (nSPS) is 11.4. The largest absolute Gasteiger partial charge is 0.324 e. The lowest BCUT2D eigenvalue weighted by atomic mass is 10.4. The summed E-state index contributed by atoms with van der Waals surface area (Å²) >= 11 is 1.59. The Morgan fingerprint density at radius 3 is 2.61 bits per heavy atom. The second kappa shape index (κ2) is 5.49. The van der Waals surface area contributed by atoms with Gasteiger partial charge in [0.25, 0.3) is 0 Å². The molecular weight excluding hydrogens is 250 g/mol. The van der Waals surface area contributed by atoms with Gasteiger partial charge in [-0.2, -0.15) is 0 Å². The van der Waals surface area contributed by atoms with Gasteiger partial charge in [0.2, 0.25) is 0 Å². The average molecular weight is 267 g/mol. The van der Waals surface area contributed by atoms with Crippen molar-refractivity contribution in [3.8, 4) is 0 Å². The van der Waals surface area contributed by atoms with Crippen LogP contribution >= 0.6 is 11.8 Å². The third-order valence-corrected chi connectivity index (χ3v) is 3.51. The second-order valence-electron chi connectivity index (χ2n) is 4.21. The smallest absolute Gasteiger partial charge is 0.191 e. The Bertz CT molecular complexity index is 516. The fourth-order valence-electron chi connectivity index (χ4n) is 1.63. The molecule has 8 heteroatoms. The third-order valence-electron chi connectivity index (χ3n) is 2.57. The third kappa shape index (κ3) is 2.54. The van der Waals surface area contributed by atoms with Crippen molar-refractivity contribution in [1.82, 2.24) is 29.5 Å². The van der Waals surface area contributed by atoms with Crippen LogP contribution < -0.4 is 5.73 Å². The molecule has 0 bridgehead atoms. The van der Waals surface area contributed by atoms with Gasteiger partial charge < -0.3 is 14.9 Å². The predicted molar refractivity (Wildman–Crippen MR) is 68.9 cm³/mol. The molecule has 0 atom stereocenters. The molecule has 2 aromatic heterocycles. The minimum atomic E-state index is 0.292. The van der Waals surface area contributed by atoms with Gasteiger partial charge in [0.05, 0.1) is 12.3 Å². The minimum absolute atomic E-state index is 0.292. The molecule has 0 unspecified atom stereocenters. The maximum atomic E-state index is 5.66. The van der Waals surface area contributed by atoms with Gasteiger partial charge >= 0.3 is 0 Å². The molecule has 2 rings (SSSR count). The number of aromatic nitrogens is 6. The first-order chi connectivity index (χ1) is 8.63. The van der Waals surface area contributed by atoms with E-state index in [-0.39, 0.29) is 0 Å². The predicted octanol–water partition coefficient (Wildman–Crippen LogP) is 0.738. The molecule has 0 aliphatic rings. The maximum Gasteiger partial charge on any atom is 0.191 e. The van der Waals surface area contributed by atoms with Crippen molar-refractivity contribution in [2.75, 3.05) is 0 Å². The van der Waals surface area contributed by atoms with Crippen molar-refractivity contribution in [2.45, 2.75) is 37.3 Å². The van der Waals surface area contributed by atoms with Crippen molar-refractivity contribution in [3.63, 3.8) is 0 Å². The van der Waals surface area contributed by atoms with Gasteiger partial charge in [0.1, 0.15) is 18.0 Å². The van der Waals surface area contributed by atoms with Gasteiger partial charge in [-0.25, -0.2) is 0 Å². The van der Waals surface area contributed by atoms with Crippen molar-refractivity contribution in [2.24, 2.45) is 12.8 Å². The van der Waals surface area contributed by atoms with E-state index < -0.39 is 0 Å². The first kappa shape index (κ1) is 13.0. The molecule has 0 saturated heterocycles. The molecule has 7 nitrogen and oxygen atoms in total.